The van der Waals surface area contributed by atoms with E-state index in [0.717, 1.165) is 25.0 Å². The number of alkyl halides is 1. The van der Waals surface area contributed by atoms with Crippen molar-refractivity contribution in [3.63, 3.8) is 0 Å². The molecule has 0 N–H and O–H groups in total. The van der Waals surface area contributed by atoms with Gasteiger partial charge in [0.15, 0.2) is 0 Å². The van der Waals surface area contributed by atoms with E-state index in [-0.39, 0.29) is 0 Å². The summed E-state index contributed by atoms with van der Waals surface area (Å²) in [6.07, 6.45) is 3.12. The molecule has 0 bridgehead atoms. The normalized spacial score (nSPS) is 12.2. The van der Waals surface area contributed by atoms with Crippen molar-refractivity contribution in [2.75, 3.05) is 7.11 Å². The molecule has 1 nitrogen and oxygen atoms in total. The molecule has 2 aromatic carbocycles. The first kappa shape index (κ1) is 16.1. The molecular formula is C19H23BrO. The first-order chi connectivity index (χ1) is 10.2. The topological polar surface area (TPSA) is 9.23 Å². The van der Waals surface area contributed by atoms with Crippen LogP contribution in [0.4, 0.5) is 0 Å². The Morgan fingerprint density at radius 1 is 1.00 bits per heavy atom. The van der Waals surface area contributed by atoms with Crippen molar-refractivity contribution in [3.05, 3.63) is 64.7 Å². The highest BCUT2D eigenvalue weighted by molar-refractivity contribution is 9.09. The quantitative estimate of drug-likeness (QED) is 0.627. The second-order valence-corrected chi connectivity index (χ2v) is 6.37. The monoisotopic (exact) mass is 346 g/mol. The molecule has 112 valence electrons. The van der Waals surface area contributed by atoms with Gasteiger partial charge in [0, 0.05) is 4.83 Å². The van der Waals surface area contributed by atoms with E-state index in [1.54, 1.807) is 7.11 Å². The van der Waals surface area contributed by atoms with Gasteiger partial charge in [0.1, 0.15) is 5.75 Å². The van der Waals surface area contributed by atoms with E-state index in [1.165, 1.54) is 22.3 Å². The predicted octanol–water partition coefficient (Wildman–Crippen LogP) is 5.50. The lowest BCUT2D eigenvalue weighted by Gasteiger charge is -2.16. The summed E-state index contributed by atoms with van der Waals surface area (Å²) >= 11 is 3.88. The van der Waals surface area contributed by atoms with Crippen LogP contribution in [-0.2, 0) is 19.3 Å². The molecule has 1 atom stereocenters. The van der Waals surface area contributed by atoms with Crippen LogP contribution >= 0.6 is 15.9 Å². The number of methoxy groups -OCH3 is 1. The van der Waals surface area contributed by atoms with Crippen LogP contribution in [0.15, 0.2) is 42.5 Å². The largest absolute Gasteiger partial charge is 0.497 e. The SMILES string of the molecule is CCc1ccc(CC)c(C(Br)Cc2cccc(OC)c2)c1. The lowest BCUT2D eigenvalue weighted by atomic mass is 9.95. The van der Waals surface area contributed by atoms with Crippen molar-refractivity contribution >= 4 is 15.9 Å². The smallest absolute Gasteiger partial charge is 0.119 e. The van der Waals surface area contributed by atoms with Crippen LogP contribution in [0, 0.1) is 0 Å². The molecule has 0 heterocycles. The highest BCUT2D eigenvalue weighted by Gasteiger charge is 2.13. The van der Waals surface area contributed by atoms with Crippen LogP contribution < -0.4 is 4.74 Å². The standard InChI is InChI=1S/C19H23BrO/c1-4-14-9-10-16(5-2)18(12-14)19(20)13-15-7-6-8-17(11-15)21-3/h6-12,19H,4-5,13H2,1-3H3. The zero-order chi connectivity index (χ0) is 15.2. The summed E-state index contributed by atoms with van der Waals surface area (Å²) in [6.45, 7) is 4.42. The molecule has 0 amide bonds. The second kappa shape index (κ2) is 7.65. The van der Waals surface area contributed by atoms with Gasteiger partial charge < -0.3 is 4.74 Å². The van der Waals surface area contributed by atoms with Gasteiger partial charge >= 0.3 is 0 Å². The Bertz CT molecular complexity index is 592. The van der Waals surface area contributed by atoms with E-state index < -0.39 is 0 Å². The van der Waals surface area contributed by atoms with Crippen molar-refractivity contribution in [2.45, 2.75) is 37.9 Å². The Hall–Kier alpha value is -1.28. The maximum atomic E-state index is 5.31. The Balaban J connectivity index is 2.24. The molecule has 0 spiro atoms. The molecule has 0 radical (unpaired) electrons. The summed E-state index contributed by atoms with van der Waals surface area (Å²) in [6, 6.07) is 15.2. The van der Waals surface area contributed by atoms with Crippen molar-refractivity contribution in [1.82, 2.24) is 0 Å². The molecule has 1 unspecified atom stereocenters. The van der Waals surface area contributed by atoms with Crippen LogP contribution in [0.25, 0.3) is 0 Å². The first-order valence-electron chi connectivity index (χ1n) is 7.56. The average molecular weight is 347 g/mol. The molecule has 2 rings (SSSR count). The number of hydrogen-bond acceptors (Lipinski definition) is 1. The average Bonchev–Trinajstić information content (AvgIpc) is 2.54. The van der Waals surface area contributed by atoms with Gasteiger partial charge in [0.05, 0.1) is 7.11 Å². The van der Waals surface area contributed by atoms with Gasteiger partial charge in [-0.1, -0.05) is 60.1 Å². The highest BCUT2D eigenvalue weighted by Crippen LogP contribution is 2.31. The molecule has 0 saturated heterocycles. The summed E-state index contributed by atoms with van der Waals surface area (Å²) in [5.74, 6) is 0.922. The van der Waals surface area contributed by atoms with E-state index in [4.69, 9.17) is 4.74 Å². The number of hydrogen-bond donors (Lipinski definition) is 0. The van der Waals surface area contributed by atoms with Crippen LogP contribution in [-0.4, -0.2) is 7.11 Å². The number of benzene rings is 2. The fraction of sp³-hybridized carbons (Fsp3) is 0.368. The minimum Gasteiger partial charge on any atom is -0.497 e. The predicted molar refractivity (Wildman–Crippen MR) is 93.6 cm³/mol. The van der Waals surface area contributed by atoms with Crippen LogP contribution in [0.1, 0.15) is 40.9 Å². The van der Waals surface area contributed by atoms with Crippen LogP contribution in [0.3, 0.4) is 0 Å². The zero-order valence-electron chi connectivity index (χ0n) is 13.0. The fourth-order valence-corrected chi connectivity index (χ4v) is 3.39. The van der Waals surface area contributed by atoms with Gasteiger partial charge in [-0.3, -0.25) is 0 Å². The fourth-order valence-electron chi connectivity index (χ4n) is 2.59. The molecular weight excluding hydrogens is 324 g/mol. The highest BCUT2D eigenvalue weighted by atomic mass is 79.9. The van der Waals surface area contributed by atoms with Gasteiger partial charge in [0.25, 0.3) is 0 Å². The van der Waals surface area contributed by atoms with Gasteiger partial charge in [-0.2, -0.15) is 0 Å². The Kier molecular flexibility index (Phi) is 5.86. The van der Waals surface area contributed by atoms with Gasteiger partial charge in [-0.05, 0) is 53.6 Å². The number of rotatable bonds is 6. The number of aryl methyl sites for hydroxylation is 2. The third-order valence-electron chi connectivity index (χ3n) is 3.89. The lowest BCUT2D eigenvalue weighted by Crippen LogP contribution is -2.01. The number of ether oxygens (including phenoxy) is 1. The van der Waals surface area contributed by atoms with Crippen LogP contribution in [0.5, 0.6) is 5.75 Å². The molecule has 2 heteroatoms. The van der Waals surface area contributed by atoms with Crippen molar-refractivity contribution in [1.29, 1.82) is 0 Å². The molecule has 0 fully saturated rings. The van der Waals surface area contributed by atoms with E-state index >= 15 is 0 Å². The van der Waals surface area contributed by atoms with Gasteiger partial charge in [-0.25, -0.2) is 0 Å². The molecule has 0 aliphatic carbocycles. The van der Waals surface area contributed by atoms with Gasteiger partial charge in [0.2, 0.25) is 0 Å². The van der Waals surface area contributed by atoms with E-state index in [9.17, 15) is 0 Å². The summed E-state index contributed by atoms with van der Waals surface area (Å²) in [7, 11) is 1.71. The molecule has 0 aliphatic rings. The Morgan fingerprint density at radius 2 is 1.81 bits per heavy atom. The molecule has 2 aromatic rings. The third-order valence-corrected chi connectivity index (χ3v) is 4.70. The molecule has 0 aromatic heterocycles. The second-order valence-electron chi connectivity index (χ2n) is 5.26. The van der Waals surface area contributed by atoms with Crippen molar-refractivity contribution < 1.29 is 4.74 Å². The lowest BCUT2D eigenvalue weighted by molar-refractivity contribution is 0.414. The summed E-state index contributed by atoms with van der Waals surface area (Å²) in [4.78, 5) is 0.339. The maximum absolute atomic E-state index is 5.31. The Labute approximate surface area is 136 Å². The minimum absolute atomic E-state index is 0.339. The number of halogens is 1. The van der Waals surface area contributed by atoms with E-state index in [1.807, 2.05) is 6.07 Å². The zero-order valence-corrected chi connectivity index (χ0v) is 14.6. The van der Waals surface area contributed by atoms with Crippen molar-refractivity contribution in [2.24, 2.45) is 0 Å². The summed E-state index contributed by atoms with van der Waals surface area (Å²) in [5, 5.41) is 0. The minimum atomic E-state index is 0.339. The first-order valence-corrected chi connectivity index (χ1v) is 8.48. The Morgan fingerprint density at radius 3 is 2.48 bits per heavy atom. The van der Waals surface area contributed by atoms with Gasteiger partial charge in [-0.15, -0.1) is 0 Å². The molecule has 21 heavy (non-hydrogen) atoms. The molecule has 0 aliphatic heterocycles. The maximum Gasteiger partial charge on any atom is 0.119 e. The third kappa shape index (κ3) is 4.10. The summed E-state index contributed by atoms with van der Waals surface area (Å²) < 4.78 is 5.31. The van der Waals surface area contributed by atoms with Crippen molar-refractivity contribution in [3.8, 4) is 5.75 Å². The van der Waals surface area contributed by atoms with E-state index in [0.29, 0.717) is 4.83 Å². The summed E-state index contributed by atoms with van der Waals surface area (Å²) in [5.41, 5.74) is 5.54. The molecule has 0 saturated carbocycles. The van der Waals surface area contributed by atoms with E-state index in [2.05, 4.69) is 66.2 Å². The van der Waals surface area contributed by atoms with Crippen LogP contribution in [0.2, 0.25) is 0 Å².